The summed E-state index contributed by atoms with van der Waals surface area (Å²) in [6.45, 7) is 0. The number of hydrogen-bond acceptors (Lipinski definition) is 3. The van der Waals surface area contributed by atoms with Gasteiger partial charge in [0.2, 0.25) is 11.4 Å². The van der Waals surface area contributed by atoms with Gasteiger partial charge in [-0.2, -0.15) is 10.4 Å². The number of aromatic hydroxyl groups is 1. The SMILES string of the molecule is Oc1ccccc1[N+](O)(O)c1ccc(Br)cc1. The summed E-state index contributed by atoms with van der Waals surface area (Å²) in [7, 11) is 0. The highest BCUT2D eigenvalue weighted by Gasteiger charge is 2.33. The lowest BCUT2D eigenvalue weighted by molar-refractivity contribution is -0.245. The molecule has 0 saturated heterocycles. The maximum Gasteiger partial charge on any atom is 0.246 e. The number of halogens is 1. The van der Waals surface area contributed by atoms with Crippen molar-refractivity contribution < 1.29 is 15.5 Å². The maximum atomic E-state index is 10.0. The molecule has 0 fully saturated rings. The summed E-state index contributed by atoms with van der Waals surface area (Å²) >= 11 is 3.26. The van der Waals surface area contributed by atoms with Gasteiger partial charge in [0, 0.05) is 27.5 Å². The number of phenolic OH excluding ortho intramolecular Hbond substituents is 1. The Kier molecular flexibility index (Phi) is 3.17. The van der Waals surface area contributed by atoms with Gasteiger partial charge in [-0.1, -0.05) is 28.1 Å². The molecule has 4 nitrogen and oxygen atoms in total. The van der Waals surface area contributed by atoms with Crippen molar-refractivity contribution in [2.75, 3.05) is 0 Å². The summed E-state index contributed by atoms with van der Waals surface area (Å²) in [5, 5.41) is 29.7. The number of rotatable bonds is 2. The van der Waals surface area contributed by atoms with Gasteiger partial charge < -0.3 is 5.11 Å². The Labute approximate surface area is 107 Å². The highest BCUT2D eigenvalue weighted by atomic mass is 79.9. The monoisotopic (exact) mass is 296 g/mol. The summed E-state index contributed by atoms with van der Waals surface area (Å²) in [4.78, 5) is -1.49. The Morgan fingerprint density at radius 2 is 1.47 bits per heavy atom. The van der Waals surface area contributed by atoms with Crippen LogP contribution >= 0.6 is 15.9 Å². The first-order chi connectivity index (χ1) is 8.01. The van der Waals surface area contributed by atoms with E-state index in [-0.39, 0.29) is 17.1 Å². The quantitative estimate of drug-likeness (QED) is 0.586. The molecule has 0 radical (unpaired) electrons. The third-order valence-electron chi connectivity index (χ3n) is 2.40. The standard InChI is InChI=1S/C12H10BrNO3/c13-9-5-7-10(8-6-9)14(16,17)11-3-1-2-4-12(11)15/h1-8,16-17H/p+1. The molecule has 0 aliphatic carbocycles. The fraction of sp³-hybridized carbons (Fsp3) is 0. The Balaban J connectivity index is 2.49. The first kappa shape index (κ1) is 12.1. The van der Waals surface area contributed by atoms with Crippen molar-refractivity contribution >= 4 is 27.3 Å². The molecule has 2 rings (SSSR count). The molecule has 0 heterocycles. The zero-order chi connectivity index (χ0) is 12.5. The summed E-state index contributed by atoms with van der Waals surface area (Å²) in [6, 6.07) is 12.6. The van der Waals surface area contributed by atoms with Gasteiger partial charge in [0.25, 0.3) is 0 Å². The highest BCUT2D eigenvalue weighted by Crippen LogP contribution is 2.36. The van der Waals surface area contributed by atoms with Crippen molar-refractivity contribution in [2.45, 2.75) is 0 Å². The van der Waals surface area contributed by atoms with Crippen LogP contribution in [0.1, 0.15) is 0 Å². The smallest absolute Gasteiger partial charge is 0.246 e. The van der Waals surface area contributed by atoms with Gasteiger partial charge in [0.05, 0.1) is 0 Å². The van der Waals surface area contributed by atoms with E-state index in [1.807, 2.05) is 0 Å². The van der Waals surface area contributed by atoms with Crippen molar-refractivity contribution in [3.63, 3.8) is 0 Å². The molecule has 3 N–H and O–H groups in total. The van der Waals surface area contributed by atoms with Crippen molar-refractivity contribution in [3.05, 3.63) is 53.0 Å². The Bertz CT molecular complexity index is 526. The molecular formula is C12H11BrNO3+. The predicted molar refractivity (Wildman–Crippen MR) is 67.3 cm³/mol. The predicted octanol–water partition coefficient (Wildman–Crippen LogP) is 3.57. The molecule has 2 aromatic rings. The van der Waals surface area contributed by atoms with Crippen molar-refractivity contribution in [1.82, 2.24) is 4.81 Å². The third kappa shape index (κ3) is 2.32. The van der Waals surface area contributed by atoms with Gasteiger partial charge in [-0.25, -0.2) is 0 Å². The molecule has 0 unspecified atom stereocenters. The van der Waals surface area contributed by atoms with Crippen LogP contribution in [0, 0.1) is 0 Å². The lowest BCUT2D eigenvalue weighted by Crippen LogP contribution is -2.36. The lowest BCUT2D eigenvalue weighted by Gasteiger charge is -2.20. The topological polar surface area (TPSA) is 60.7 Å². The third-order valence-corrected chi connectivity index (χ3v) is 2.93. The normalized spacial score (nSPS) is 11.5. The highest BCUT2D eigenvalue weighted by molar-refractivity contribution is 9.10. The fourth-order valence-electron chi connectivity index (χ4n) is 1.52. The van der Waals surface area contributed by atoms with E-state index in [9.17, 15) is 15.5 Å². The van der Waals surface area contributed by atoms with Crippen LogP contribution < -0.4 is 4.81 Å². The summed E-state index contributed by atoms with van der Waals surface area (Å²) in [5.74, 6) is -0.180. The fourth-order valence-corrected chi connectivity index (χ4v) is 1.78. The van der Waals surface area contributed by atoms with E-state index in [2.05, 4.69) is 15.9 Å². The van der Waals surface area contributed by atoms with Gasteiger partial charge in [-0.15, -0.1) is 0 Å². The second-order valence-electron chi connectivity index (χ2n) is 3.57. The van der Waals surface area contributed by atoms with Crippen LogP contribution in [-0.4, -0.2) is 15.5 Å². The molecule has 0 aromatic heterocycles. The van der Waals surface area contributed by atoms with E-state index >= 15 is 0 Å². The van der Waals surface area contributed by atoms with E-state index in [0.717, 1.165) is 4.47 Å². The number of phenols is 1. The number of para-hydroxylation sites is 2. The molecule has 17 heavy (non-hydrogen) atoms. The summed E-state index contributed by atoms with van der Waals surface area (Å²) in [5.41, 5.74) is 0.226. The molecule has 5 heteroatoms. The summed E-state index contributed by atoms with van der Waals surface area (Å²) < 4.78 is 0.832. The molecule has 88 valence electrons. The first-order valence-electron chi connectivity index (χ1n) is 4.91. The van der Waals surface area contributed by atoms with E-state index in [1.165, 1.54) is 12.1 Å². The average Bonchev–Trinajstić information content (AvgIpc) is 2.30. The number of benzene rings is 2. The van der Waals surface area contributed by atoms with E-state index in [1.54, 1.807) is 36.4 Å². The Morgan fingerprint density at radius 1 is 0.882 bits per heavy atom. The van der Waals surface area contributed by atoms with Crippen molar-refractivity contribution in [1.29, 1.82) is 0 Å². The minimum absolute atomic E-state index is 0.00479. The van der Waals surface area contributed by atoms with Crippen LogP contribution in [0.2, 0.25) is 0 Å². The zero-order valence-electron chi connectivity index (χ0n) is 8.79. The molecule has 0 atom stereocenters. The second-order valence-corrected chi connectivity index (χ2v) is 4.48. The lowest BCUT2D eigenvalue weighted by atomic mass is 10.2. The van der Waals surface area contributed by atoms with Crippen LogP contribution in [-0.2, 0) is 0 Å². The van der Waals surface area contributed by atoms with Crippen molar-refractivity contribution in [3.8, 4) is 5.75 Å². The minimum atomic E-state index is -1.49. The second kappa shape index (κ2) is 4.46. The van der Waals surface area contributed by atoms with Gasteiger partial charge >= 0.3 is 0 Å². The molecule has 0 aliphatic rings. The Morgan fingerprint density at radius 3 is 2.06 bits per heavy atom. The van der Waals surface area contributed by atoms with Crippen LogP contribution in [0.3, 0.4) is 0 Å². The van der Waals surface area contributed by atoms with E-state index in [4.69, 9.17) is 0 Å². The van der Waals surface area contributed by atoms with Crippen molar-refractivity contribution in [2.24, 2.45) is 0 Å². The van der Waals surface area contributed by atoms with Crippen LogP contribution in [0.15, 0.2) is 53.0 Å². The van der Waals surface area contributed by atoms with Crippen LogP contribution in [0.4, 0.5) is 11.4 Å². The molecule has 0 aliphatic heterocycles. The van der Waals surface area contributed by atoms with Crippen LogP contribution in [0.5, 0.6) is 5.75 Å². The molecule has 0 spiro atoms. The van der Waals surface area contributed by atoms with Crippen LogP contribution in [0.25, 0.3) is 0 Å². The first-order valence-corrected chi connectivity index (χ1v) is 5.70. The van der Waals surface area contributed by atoms with Gasteiger partial charge in [0.15, 0.2) is 5.75 Å². The molecule has 2 aromatic carbocycles. The molecule has 0 saturated carbocycles. The average molecular weight is 297 g/mol. The van der Waals surface area contributed by atoms with Gasteiger partial charge in [-0.05, 0) is 18.2 Å². The van der Waals surface area contributed by atoms with Gasteiger partial charge in [0.1, 0.15) is 0 Å². The molecule has 0 amide bonds. The van der Waals surface area contributed by atoms with E-state index in [0.29, 0.717) is 0 Å². The largest absolute Gasteiger partial charge is 0.503 e. The maximum absolute atomic E-state index is 10.0. The molecule has 0 bridgehead atoms. The summed E-state index contributed by atoms with van der Waals surface area (Å²) in [6.07, 6.45) is 0. The number of hydrogen-bond donors (Lipinski definition) is 3. The van der Waals surface area contributed by atoms with Gasteiger partial charge in [-0.3, -0.25) is 0 Å². The number of quaternary nitrogens is 1. The molecular weight excluding hydrogens is 286 g/mol. The minimum Gasteiger partial charge on any atom is -0.503 e. The Hall–Kier alpha value is -1.40. The van der Waals surface area contributed by atoms with E-state index < -0.39 is 4.81 Å². The zero-order valence-corrected chi connectivity index (χ0v) is 10.4. The number of nitrogens with zero attached hydrogens (tertiary/aromatic N) is 1.